The standard InChI is InChI=1S/C9H6BrNO2/c1-6(5-12)8-3-2-7(10)4-9(8)11-13/h2-5H,1H2. The van der Waals surface area contributed by atoms with Gasteiger partial charge in [-0.1, -0.05) is 28.6 Å². The van der Waals surface area contributed by atoms with Gasteiger partial charge in [-0.3, -0.25) is 4.79 Å². The second kappa shape index (κ2) is 4.09. The quantitative estimate of drug-likeness (QED) is 0.463. The van der Waals surface area contributed by atoms with E-state index in [1.54, 1.807) is 12.1 Å². The summed E-state index contributed by atoms with van der Waals surface area (Å²) in [5, 5.41) is 2.80. The van der Waals surface area contributed by atoms with E-state index in [0.29, 0.717) is 11.8 Å². The van der Waals surface area contributed by atoms with Crippen molar-refractivity contribution >= 4 is 33.5 Å². The van der Waals surface area contributed by atoms with Gasteiger partial charge in [-0.2, -0.15) is 0 Å². The SMILES string of the molecule is C=C(C=O)c1ccc(Br)cc1N=O. The molecule has 0 aliphatic carbocycles. The molecule has 4 heteroatoms. The normalized spacial score (nSPS) is 9.31. The third kappa shape index (κ3) is 2.09. The predicted octanol–water partition coefficient (Wildman–Crippen LogP) is 3.06. The molecule has 0 spiro atoms. The summed E-state index contributed by atoms with van der Waals surface area (Å²) in [6.45, 7) is 3.50. The zero-order valence-corrected chi connectivity index (χ0v) is 8.24. The number of aldehydes is 1. The molecular weight excluding hydrogens is 234 g/mol. The van der Waals surface area contributed by atoms with E-state index in [-0.39, 0.29) is 11.3 Å². The van der Waals surface area contributed by atoms with Gasteiger partial charge in [-0.05, 0) is 17.3 Å². The highest BCUT2D eigenvalue weighted by Crippen LogP contribution is 2.27. The number of hydrogen-bond acceptors (Lipinski definition) is 3. The molecule has 66 valence electrons. The van der Waals surface area contributed by atoms with Gasteiger partial charge < -0.3 is 0 Å². The van der Waals surface area contributed by atoms with E-state index in [0.717, 1.165) is 4.47 Å². The van der Waals surface area contributed by atoms with Gasteiger partial charge in [0.25, 0.3) is 0 Å². The molecule has 0 aromatic heterocycles. The van der Waals surface area contributed by atoms with Crippen LogP contribution >= 0.6 is 15.9 Å². The molecule has 0 aliphatic rings. The van der Waals surface area contributed by atoms with Crippen molar-refractivity contribution < 1.29 is 4.79 Å². The molecule has 0 fully saturated rings. The van der Waals surface area contributed by atoms with Crippen LogP contribution in [-0.4, -0.2) is 6.29 Å². The minimum atomic E-state index is 0.214. The molecule has 1 aromatic rings. The van der Waals surface area contributed by atoms with Crippen molar-refractivity contribution in [1.29, 1.82) is 0 Å². The maximum Gasteiger partial charge on any atom is 0.150 e. The summed E-state index contributed by atoms with van der Waals surface area (Å²) in [5.74, 6) is 0. The molecule has 0 aliphatic heterocycles. The molecule has 13 heavy (non-hydrogen) atoms. The van der Waals surface area contributed by atoms with Crippen LogP contribution in [0.2, 0.25) is 0 Å². The highest BCUT2D eigenvalue weighted by Gasteiger charge is 2.05. The third-order valence-electron chi connectivity index (χ3n) is 1.55. The van der Waals surface area contributed by atoms with Crippen molar-refractivity contribution in [2.24, 2.45) is 5.18 Å². The van der Waals surface area contributed by atoms with Gasteiger partial charge in [0.15, 0.2) is 0 Å². The van der Waals surface area contributed by atoms with E-state index < -0.39 is 0 Å². The monoisotopic (exact) mass is 239 g/mol. The van der Waals surface area contributed by atoms with Crippen molar-refractivity contribution in [2.75, 3.05) is 0 Å². The fourth-order valence-electron chi connectivity index (χ4n) is 0.915. The summed E-state index contributed by atoms with van der Waals surface area (Å²) in [6, 6.07) is 4.88. The van der Waals surface area contributed by atoms with Crippen LogP contribution < -0.4 is 0 Å². The number of carbonyl (C=O) groups is 1. The van der Waals surface area contributed by atoms with Crippen molar-refractivity contribution in [2.45, 2.75) is 0 Å². The number of carbonyl (C=O) groups excluding carboxylic acids is 1. The molecule has 0 saturated carbocycles. The van der Waals surface area contributed by atoms with Gasteiger partial charge in [0, 0.05) is 15.6 Å². The molecule has 0 radical (unpaired) electrons. The summed E-state index contributed by atoms with van der Waals surface area (Å²) in [6.07, 6.45) is 0.595. The largest absolute Gasteiger partial charge is 0.298 e. The molecule has 1 aromatic carbocycles. The zero-order valence-electron chi connectivity index (χ0n) is 6.66. The lowest BCUT2D eigenvalue weighted by Crippen LogP contribution is -1.84. The van der Waals surface area contributed by atoms with Crippen LogP contribution in [0.4, 0.5) is 5.69 Å². The van der Waals surface area contributed by atoms with E-state index in [1.807, 2.05) is 0 Å². The van der Waals surface area contributed by atoms with Crippen molar-refractivity contribution in [3.63, 3.8) is 0 Å². The first kappa shape index (κ1) is 9.80. The van der Waals surface area contributed by atoms with Crippen LogP contribution in [0.3, 0.4) is 0 Å². The molecule has 1 rings (SSSR count). The lowest BCUT2D eigenvalue weighted by Gasteiger charge is -2.01. The Morgan fingerprint density at radius 1 is 1.54 bits per heavy atom. The molecule has 3 nitrogen and oxygen atoms in total. The van der Waals surface area contributed by atoms with Crippen LogP contribution in [-0.2, 0) is 4.79 Å². The van der Waals surface area contributed by atoms with E-state index in [1.165, 1.54) is 6.07 Å². The first-order valence-electron chi connectivity index (χ1n) is 3.46. The Labute approximate surface area is 83.6 Å². The Bertz CT molecular complexity index is 374. The van der Waals surface area contributed by atoms with E-state index >= 15 is 0 Å². The lowest BCUT2D eigenvalue weighted by molar-refractivity contribution is -0.103. The first-order chi connectivity index (χ1) is 6.19. The highest BCUT2D eigenvalue weighted by molar-refractivity contribution is 9.10. The fourth-order valence-corrected chi connectivity index (χ4v) is 1.26. The lowest BCUT2D eigenvalue weighted by atomic mass is 10.1. The van der Waals surface area contributed by atoms with Gasteiger partial charge in [-0.15, -0.1) is 4.91 Å². The van der Waals surface area contributed by atoms with Crippen molar-refractivity contribution in [3.8, 4) is 0 Å². The van der Waals surface area contributed by atoms with E-state index in [9.17, 15) is 9.70 Å². The van der Waals surface area contributed by atoms with E-state index in [4.69, 9.17) is 0 Å². The average molecular weight is 240 g/mol. The molecule has 0 saturated heterocycles. The number of benzene rings is 1. The van der Waals surface area contributed by atoms with Crippen LogP contribution in [0.5, 0.6) is 0 Å². The molecule has 0 N–H and O–H groups in total. The molecule has 0 bridgehead atoms. The number of halogens is 1. The first-order valence-corrected chi connectivity index (χ1v) is 4.25. The second-order valence-electron chi connectivity index (χ2n) is 2.40. The Morgan fingerprint density at radius 3 is 2.77 bits per heavy atom. The highest BCUT2D eigenvalue weighted by atomic mass is 79.9. The zero-order chi connectivity index (χ0) is 9.84. The second-order valence-corrected chi connectivity index (χ2v) is 3.31. The minimum absolute atomic E-state index is 0.214. The van der Waals surface area contributed by atoms with Crippen LogP contribution in [0.25, 0.3) is 5.57 Å². The van der Waals surface area contributed by atoms with E-state index in [2.05, 4.69) is 27.7 Å². The van der Waals surface area contributed by atoms with Gasteiger partial charge in [0.05, 0.1) is 0 Å². The number of allylic oxidation sites excluding steroid dienone is 1. The predicted molar refractivity (Wildman–Crippen MR) is 54.7 cm³/mol. The molecule has 0 amide bonds. The number of rotatable bonds is 3. The Hall–Kier alpha value is -1.29. The Kier molecular flexibility index (Phi) is 3.08. The number of nitroso groups, excluding NO2 is 1. The van der Waals surface area contributed by atoms with Crippen molar-refractivity contribution in [3.05, 3.63) is 39.7 Å². The molecule has 0 atom stereocenters. The third-order valence-corrected chi connectivity index (χ3v) is 2.04. The van der Waals surface area contributed by atoms with Crippen LogP contribution in [0.15, 0.2) is 34.4 Å². The topological polar surface area (TPSA) is 46.5 Å². The Morgan fingerprint density at radius 2 is 2.23 bits per heavy atom. The maximum absolute atomic E-state index is 10.4. The smallest absolute Gasteiger partial charge is 0.150 e. The Balaban J connectivity index is 3.28. The summed E-state index contributed by atoms with van der Waals surface area (Å²) < 4.78 is 0.740. The summed E-state index contributed by atoms with van der Waals surface area (Å²) in [4.78, 5) is 20.8. The van der Waals surface area contributed by atoms with Gasteiger partial charge >= 0.3 is 0 Å². The van der Waals surface area contributed by atoms with Crippen molar-refractivity contribution in [1.82, 2.24) is 0 Å². The molecule has 0 unspecified atom stereocenters. The molecular formula is C9H6BrNO2. The number of nitrogens with zero attached hydrogens (tertiary/aromatic N) is 1. The molecule has 0 heterocycles. The minimum Gasteiger partial charge on any atom is -0.298 e. The summed E-state index contributed by atoms with van der Waals surface area (Å²) >= 11 is 3.19. The fraction of sp³-hybridized carbons (Fsp3) is 0. The van der Waals surface area contributed by atoms with Crippen LogP contribution in [0, 0.1) is 4.91 Å². The number of hydrogen-bond donors (Lipinski definition) is 0. The average Bonchev–Trinajstić information content (AvgIpc) is 2.16. The van der Waals surface area contributed by atoms with Gasteiger partial charge in [-0.25, -0.2) is 0 Å². The van der Waals surface area contributed by atoms with Gasteiger partial charge in [0.1, 0.15) is 12.0 Å². The summed E-state index contributed by atoms with van der Waals surface area (Å²) in [5.41, 5.74) is 0.932. The maximum atomic E-state index is 10.4. The summed E-state index contributed by atoms with van der Waals surface area (Å²) in [7, 11) is 0. The van der Waals surface area contributed by atoms with Gasteiger partial charge in [0.2, 0.25) is 0 Å². The van der Waals surface area contributed by atoms with Crippen LogP contribution in [0.1, 0.15) is 5.56 Å².